The monoisotopic (exact) mass is 778 g/mol. The highest BCUT2D eigenvalue weighted by Gasteiger charge is 2.77. The van der Waals surface area contributed by atoms with Crippen LogP contribution in [0.5, 0.6) is 11.8 Å². The molecule has 3 aliphatic heterocycles. The molecule has 2 saturated heterocycles. The lowest BCUT2D eigenvalue weighted by Crippen LogP contribution is -2.43. The van der Waals surface area contributed by atoms with E-state index >= 15 is 26.3 Å². The van der Waals surface area contributed by atoms with E-state index in [4.69, 9.17) is 16.2 Å². The van der Waals surface area contributed by atoms with Crippen molar-refractivity contribution >= 4 is 34.3 Å². The van der Waals surface area contributed by atoms with Gasteiger partial charge in [0.2, 0.25) is 0 Å². The molecule has 8 rings (SSSR count). The Balaban J connectivity index is 1.30. The first kappa shape index (κ1) is 36.2. The number of nitrogens with zero attached hydrogens (tertiary/aromatic N) is 5. The van der Waals surface area contributed by atoms with Crippen LogP contribution in [-0.2, 0) is 6.18 Å². The fraction of sp³-hybridized carbons (Fsp3) is 0.429. The molecule has 54 heavy (non-hydrogen) atoms. The summed E-state index contributed by atoms with van der Waals surface area (Å²) in [4.78, 5) is 13.8. The quantitative estimate of drug-likeness (QED) is 0.176. The fourth-order valence-corrected chi connectivity index (χ4v) is 9.77. The molecule has 3 aromatic rings. The lowest BCUT2D eigenvalue weighted by atomic mass is 9.76. The van der Waals surface area contributed by atoms with E-state index in [1.54, 1.807) is 25.1 Å². The van der Waals surface area contributed by atoms with Crippen LogP contribution in [0.3, 0.4) is 0 Å². The Labute approximate surface area is 305 Å². The highest BCUT2D eigenvalue weighted by atomic mass is 32.2. The van der Waals surface area contributed by atoms with Crippen LogP contribution >= 0.6 is 11.8 Å². The fourth-order valence-electron chi connectivity index (χ4n) is 8.68. The van der Waals surface area contributed by atoms with Gasteiger partial charge in [0, 0.05) is 47.0 Å². The molecule has 19 heteroatoms. The van der Waals surface area contributed by atoms with E-state index in [0.29, 0.717) is 42.8 Å². The van der Waals surface area contributed by atoms with Crippen LogP contribution in [0, 0.1) is 28.5 Å². The predicted molar refractivity (Wildman–Crippen MR) is 180 cm³/mol. The number of aromatic nitrogens is 3. The van der Waals surface area contributed by atoms with Crippen LogP contribution in [0.1, 0.15) is 61.3 Å². The summed E-state index contributed by atoms with van der Waals surface area (Å²) in [7, 11) is 0. The molecule has 0 bridgehead atoms. The highest BCUT2D eigenvalue weighted by molar-refractivity contribution is 8.07. The van der Waals surface area contributed by atoms with Gasteiger partial charge >= 0.3 is 12.2 Å². The number of ether oxygens (including phenoxy) is 1. The number of hydrogen-bond acceptors (Lipinski definition) is 11. The van der Waals surface area contributed by atoms with Crippen LogP contribution in [0.4, 0.5) is 46.8 Å². The molecular weight excluding hydrogens is 748 g/mol. The van der Waals surface area contributed by atoms with Crippen LogP contribution in [-0.4, -0.2) is 56.1 Å². The zero-order valence-electron chi connectivity index (χ0n) is 28.2. The first-order valence-corrected chi connectivity index (χ1v) is 17.6. The topological polar surface area (TPSA) is 159 Å². The van der Waals surface area contributed by atoms with Crippen molar-refractivity contribution in [2.75, 3.05) is 30.7 Å². The normalized spacial score (nSPS) is 28.0. The van der Waals surface area contributed by atoms with Crippen molar-refractivity contribution in [2.45, 2.75) is 62.2 Å². The van der Waals surface area contributed by atoms with E-state index in [2.05, 4.69) is 20.3 Å². The lowest BCUT2D eigenvalue weighted by molar-refractivity contribution is -0.139. The molecule has 5 heterocycles. The Bertz CT molecular complexity index is 2280. The molecule has 2 unspecified atom stereocenters. The number of hydrogen-bond donors (Lipinski definition) is 4. The maximum Gasteiger partial charge on any atom is 0.420 e. The van der Waals surface area contributed by atoms with Crippen molar-refractivity contribution in [3.63, 3.8) is 0 Å². The summed E-state index contributed by atoms with van der Waals surface area (Å²) in [5.74, 6) is -13.3. The van der Waals surface area contributed by atoms with Crippen LogP contribution in [0.25, 0.3) is 10.9 Å². The van der Waals surface area contributed by atoms with Crippen molar-refractivity contribution in [2.24, 2.45) is 17.1 Å². The molecule has 5 aliphatic rings. The largest absolute Gasteiger partial charge is 0.506 e. The summed E-state index contributed by atoms with van der Waals surface area (Å²) in [6.07, 6.45) is -2.66. The molecule has 6 N–H and O–H groups in total. The van der Waals surface area contributed by atoms with Crippen molar-refractivity contribution in [3.8, 4) is 17.8 Å². The third-order valence-electron chi connectivity index (χ3n) is 11.3. The molecule has 5 atom stereocenters. The van der Waals surface area contributed by atoms with Gasteiger partial charge in [0.15, 0.2) is 17.5 Å². The number of phenolic OH excluding ortho intramolecular Hbond substituents is 1. The average Bonchev–Trinajstić information content (AvgIpc) is 3.43. The lowest BCUT2D eigenvalue weighted by Gasteiger charge is -2.31. The van der Waals surface area contributed by atoms with E-state index in [0.717, 1.165) is 0 Å². The Kier molecular flexibility index (Phi) is 8.09. The number of halogens is 8. The maximum absolute atomic E-state index is 17.2. The molecule has 10 nitrogen and oxygen atoms in total. The minimum absolute atomic E-state index is 0.0470. The molecule has 2 aliphatic carbocycles. The van der Waals surface area contributed by atoms with Gasteiger partial charge in [-0.25, -0.2) is 26.9 Å². The Morgan fingerprint density at radius 3 is 2.61 bits per heavy atom. The van der Waals surface area contributed by atoms with Gasteiger partial charge in [-0.3, -0.25) is 4.90 Å². The van der Waals surface area contributed by atoms with E-state index < -0.39 is 108 Å². The smallest absolute Gasteiger partial charge is 0.420 e. The molecule has 1 spiro atoms. The molecular formula is C35H30F8N8O2S. The van der Waals surface area contributed by atoms with Gasteiger partial charge < -0.3 is 26.6 Å². The van der Waals surface area contributed by atoms with Crippen molar-refractivity contribution in [1.82, 2.24) is 19.9 Å². The van der Waals surface area contributed by atoms with Gasteiger partial charge in [-0.15, -0.1) is 0 Å². The number of rotatable bonds is 7. The van der Waals surface area contributed by atoms with Gasteiger partial charge in [-0.05, 0) is 44.9 Å². The molecule has 1 aromatic carbocycles. The number of pyridine rings is 1. The summed E-state index contributed by atoms with van der Waals surface area (Å²) in [6.45, 7) is 2.01. The second-order valence-electron chi connectivity index (χ2n) is 14.4. The zero-order valence-corrected chi connectivity index (χ0v) is 29.0. The number of alkyl halides is 5. The first-order valence-electron chi connectivity index (χ1n) is 16.8. The van der Waals surface area contributed by atoms with Crippen LogP contribution in [0.15, 0.2) is 51.6 Å². The third kappa shape index (κ3) is 5.34. The number of benzene rings is 1. The number of nitriles is 1. The summed E-state index contributed by atoms with van der Waals surface area (Å²) in [6, 6.07) is 3.38. The molecule has 284 valence electrons. The number of phenols is 1. The number of aromatic hydroxyl groups is 1. The number of nitrogen functional groups attached to an aromatic ring is 1. The number of nitrogens with two attached hydrogens (primary N) is 2. The number of nitrogens with one attached hydrogen (secondary N) is 1. The molecule has 0 radical (unpaired) electrons. The van der Waals surface area contributed by atoms with Crippen molar-refractivity contribution in [3.05, 3.63) is 74.1 Å². The Hall–Kier alpha value is -4.83. The summed E-state index contributed by atoms with van der Waals surface area (Å²) >= 11 is 0.430. The number of anilines is 2. The minimum Gasteiger partial charge on any atom is -0.506 e. The highest BCUT2D eigenvalue weighted by Crippen LogP contribution is 2.69. The Morgan fingerprint density at radius 2 is 1.94 bits per heavy atom. The molecule has 1 saturated carbocycles. The standard InChI is InChI=1S/C35H30F8N8O2S/c1-14(15-4-2-6-47-28(15)45)48-30-21-25(49-31(50-30)53-13-33-5-3-7-51(33)12-32(10-33)11-34(32,39)40)24(38)20(22(26(21)52)35(41,42)43)16-8-18(36)23(37)27-19(16)17(9-44)29(46)54-27/h2,4,6,8,14,16,19,52H,3,5,7,10-13,46H2,1H3,(H2,45,47)(H,48,49,50)/t14-,16+,19?,32?,33+/m1/s1. The summed E-state index contributed by atoms with van der Waals surface area (Å²) in [5.41, 5.74) is 5.66. The second-order valence-corrected chi connectivity index (χ2v) is 15.5. The first-order chi connectivity index (χ1) is 25.4. The predicted octanol–water partition coefficient (Wildman–Crippen LogP) is 7.47. The van der Waals surface area contributed by atoms with Crippen LogP contribution in [0.2, 0.25) is 0 Å². The van der Waals surface area contributed by atoms with E-state index in [1.165, 1.54) is 6.20 Å². The van der Waals surface area contributed by atoms with Crippen molar-refractivity contribution in [1.29, 1.82) is 5.26 Å². The van der Waals surface area contributed by atoms with Gasteiger partial charge in [0.1, 0.15) is 35.1 Å². The molecule has 0 amide bonds. The van der Waals surface area contributed by atoms with Gasteiger partial charge in [-0.1, -0.05) is 17.8 Å². The average molecular weight is 779 g/mol. The van der Waals surface area contributed by atoms with E-state index in [1.807, 2.05) is 4.90 Å². The number of fused-ring (bicyclic) bond motifs is 3. The number of thioether (sulfide) groups is 1. The maximum atomic E-state index is 17.2. The zero-order chi connectivity index (χ0) is 38.7. The summed E-state index contributed by atoms with van der Waals surface area (Å²) < 4.78 is 128. The van der Waals surface area contributed by atoms with Gasteiger partial charge in [0.05, 0.1) is 39.1 Å². The third-order valence-corrected chi connectivity index (χ3v) is 12.4. The number of allylic oxidation sites excluding steroid dienone is 5. The van der Waals surface area contributed by atoms with Gasteiger partial charge in [-0.2, -0.15) is 28.4 Å². The molecule has 3 fully saturated rings. The Morgan fingerprint density at radius 1 is 1.20 bits per heavy atom. The van der Waals surface area contributed by atoms with Gasteiger partial charge in [0.25, 0.3) is 5.92 Å². The van der Waals surface area contributed by atoms with Crippen molar-refractivity contribution < 1.29 is 45.0 Å². The SMILES string of the molecule is C[C@@H](Nc1nc(OC[C@@]23CCCN2CC2(CC2(F)F)C3)nc2c(F)c([C@H]3C=C(F)C(F)=C4SC(N)=C(C#N)C43)c(C(F)(F)F)c(O)c12)c1cccnc1N. The second kappa shape index (κ2) is 12.1. The minimum atomic E-state index is -5.51. The van der Waals surface area contributed by atoms with E-state index in [-0.39, 0.29) is 36.8 Å². The molecule has 2 aromatic heterocycles. The summed E-state index contributed by atoms with van der Waals surface area (Å²) in [5, 5.41) is 23.1. The van der Waals surface area contributed by atoms with E-state index in [9.17, 15) is 19.1 Å². The van der Waals surface area contributed by atoms with Crippen LogP contribution < -0.4 is 21.5 Å².